The molecule has 1 fully saturated rings. The van der Waals surface area contributed by atoms with Crippen LogP contribution in [0.15, 0.2) is 12.3 Å². The van der Waals surface area contributed by atoms with Gasteiger partial charge in [0, 0.05) is 38.3 Å². The fourth-order valence-electron chi connectivity index (χ4n) is 4.23. The second-order valence-electron chi connectivity index (χ2n) is 11.3. The quantitative estimate of drug-likeness (QED) is 0.418. The van der Waals surface area contributed by atoms with Crippen LogP contribution in [0.1, 0.15) is 64.7 Å². The van der Waals surface area contributed by atoms with Gasteiger partial charge in [0.05, 0.1) is 12.8 Å². The number of hydrogen-bond donors (Lipinski definition) is 0. The average molecular weight is 521 g/mol. The van der Waals surface area contributed by atoms with E-state index in [9.17, 15) is 14.4 Å². The Balaban J connectivity index is 1.93. The lowest BCUT2D eigenvalue weighted by Crippen LogP contribution is -2.45. The number of carbonyl (C=O) groups is 3. The number of fused-ring (bicyclic) bond motifs is 1. The van der Waals surface area contributed by atoms with Crippen molar-refractivity contribution in [3.05, 3.63) is 23.6 Å². The molecule has 1 saturated heterocycles. The number of methoxy groups -OCH3 is 1. The number of amides is 2. The van der Waals surface area contributed by atoms with E-state index >= 15 is 4.39 Å². The lowest BCUT2D eigenvalue weighted by molar-refractivity contribution is 0.0181. The molecule has 10 nitrogen and oxygen atoms in total. The number of benzene rings is 1. The lowest BCUT2D eigenvalue weighted by atomic mass is 9.96. The first kappa shape index (κ1) is 28.2. The Morgan fingerprint density at radius 1 is 1.08 bits per heavy atom. The Morgan fingerprint density at radius 3 is 2.22 bits per heavy atom. The van der Waals surface area contributed by atoms with Gasteiger partial charge in [-0.25, -0.2) is 18.8 Å². The van der Waals surface area contributed by atoms with Crippen molar-refractivity contribution in [2.45, 2.75) is 65.6 Å². The molecule has 0 N–H and O–H groups in total. The first-order valence-corrected chi connectivity index (χ1v) is 12.3. The Labute approximate surface area is 216 Å². The lowest BCUT2D eigenvalue weighted by Gasteiger charge is -2.36. The Hall–Kier alpha value is -3.37. The molecule has 1 aromatic heterocycles. The molecule has 2 amide bonds. The molecular formula is C26H37FN4O6. The van der Waals surface area contributed by atoms with Crippen molar-refractivity contribution >= 4 is 34.7 Å². The highest BCUT2D eigenvalue weighted by Crippen LogP contribution is 2.34. The second-order valence-corrected chi connectivity index (χ2v) is 11.3. The third kappa shape index (κ3) is 6.90. The first-order valence-electron chi connectivity index (χ1n) is 12.3. The molecule has 0 saturated carbocycles. The van der Waals surface area contributed by atoms with E-state index in [0.717, 1.165) is 6.07 Å². The molecule has 0 atom stereocenters. The molecule has 0 unspecified atom stereocenters. The predicted octanol–water partition coefficient (Wildman–Crippen LogP) is 4.89. The van der Waals surface area contributed by atoms with E-state index in [-0.39, 0.29) is 35.3 Å². The highest BCUT2D eigenvalue weighted by molar-refractivity contribution is 6.09. The molecular weight excluding hydrogens is 483 g/mol. The molecule has 2 aromatic rings. The molecule has 1 aliphatic heterocycles. The van der Waals surface area contributed by atoms with Gasteiger partial charge in [-0.05, 0) is 66.4 Å². The molecule has 2 heterocycles. The minimum absolute atomic E-state index is 0.0151. The van der Waals surface area contributed by atoms with Crippen molar-refractivity contribution in [3.8, 4) is 0 Å². The van der Waals surface area contributed by atoms with Gasteiger partial charge in [-0.1, -0.05) is 0 Å². The van der Waals surface area contributed by atoms with Gasteiger partial charge in [-0.2, -0.15) is 5.10 Å². The third-order valence-electron chi connectivity index (χ3n) is 5.85. The number of halogens is 1. The number of esters is 1. The van der Waals surface area contributed by atoms with Gasteiger partial charge in [0.1, 0.15) is 28.1 Å². The van der Waals surface area contributed by atoms with Gasteiger partial charge in [0.2, 0.25) is 0 Å². The fraction of sp³-hybridized carbons (Fsp3) is 0.615. The van der Waals surface area contributed by atoms with Crippen molar-refractivity contribution in [1.82, 2.24) is 14.7 Å². The van der Waals surface area contributed by atoms with Crippen LogP contribution in [0, 0.1) is 11.7 Å². The summed E-state index contributed by atoms with van der Waals surface area (Å²) < 4.78 is 32.6. The standard InChI is InChI=1S/C26H37FN4O6/c1-25(2,3)36-23(33)30-11-9-16(10-12-30)14-31(24(34)37-26(4,5)6)19-13-18(27)20(22(32)35-8)21-17(19)15-29(7)28-21/h13,15-16H,9-12,14H2,1-8H3. The summed E-state index contributed by atoms with van der Waals surface area (Å²) in [5.41, 5.74) is -1.32. The highest BCUT2D eigenvalue weighted by atomic mass is 19.1. The zero-order valence-electron chi connectivity index (χ0n) is 22.9. The zero-order valence-corrected chi connectivity index (χ0v) is 22.9. The molecule has 204 valence electrons. The summed E-state index contributed by atoms with van der Waals surface area (Å²) >= 11 is 0. The van der Waals surface area contributed by atoms with Gasteiger partial charge >= 0.3 is 18.2 Å². The van der Waals surface area contributed by atoms with Gasteiger partial charge in [-0.15, -0.1) is 0 Å². The van der Waals surface area contributed by atoms with E-state index in [1.165, 1.54) is 16.7 Å². The number of piperidine rings is 1. The number of rotatable bonds is 4. The average Bonchev–Trinajstić information content (AvgIpc) is 3.15. The van der Waals surface area contributed by atoms with Crippen molar-refractivity contribution in [2.75, 3.05) is 31.6 Å². The van der Waals surface area contributed by atoms with E-state index in [4.69, 9.17) is 14.2 Å². The van der Waals surface area contributed by atoms with Gasteiger partial charge < -0.3 is 19.1 Å². The van der Waals surface area contributed by atoms with E-state index < -0.39 is 29.1 Å². The monoisotopic (exact) mass is 520 g/mol. The maximum absolute atomic E-state index is 15.3. The van der Waals surface area contributed by atoms with Crippen LogP contribution in [0.3, 0.4) is 0 Å². The summed E-state index contributed by atoms with van der Waals surface area (Å²) in [5.74, 6) is -1.69. The van der Waals surface area contributed by atoms with Gasteiger partial charge in [0.15, 0.2) is 0 Å². The maximum atomic E-state index is 15.3. The van der Waals surface area contributed by atoms with Crippen LogP contribution in [-0.4, -0.2) is 70.8 Å². The normalized spacial score (nSPS) is 15.0. The molecule has 1 aromatic carbocycles. The van der Waals surface area contributed by atoms with E-state index in [1.54, 1.807) is 38.9 Å². The van der Waals surface area contributed by atoms with Crippen LogP contribution in [-0.2, 0) is 21.3 Å². The summed E-state index contributed by atoms with van der Waals surface area (Å²) in [6.45, 7) is 11.9. The van der Waals surface area contributed by atoms with Crippen LogP contribution in [0.5, 0.6) is 0 Å². The fourth-order valence-corrected chi connectivity index (χ4v) is 4.23. The molecule has 0 spiro atoms. The molecule has 3 rings (SSSR count). The SMILES string of the molecule is COC(=O)c1c(F)cc(N(CC2CCN(C(=O)OC(C)(C)C)CC2)C(=O)OC(C)(C)C)c2cn(C)nc12. The number of aryl methyl sites for hydroxylation is 1. The Kier molecular flexibility index (Phi) is 8.04. The summed E-state index contributed by atoms with van der Waals surface area (Å²) in [6, 6.07) is 1.15. The molecule has 0 bridgehead atoms. The third-order valence-corrected chi connectivity index (χ3v) is 5.85. The van der Waals surface area contributed by atoms with Gasteiger partial charge in [-0.3, -0.25) is 9.58 Å². The molecule has 1 aliphatic rings. The molecule has 0 aliphatic carbocycles. The van der Waals surface area contributed by atoms with Crippen LogP contribution in [0.25, 0.3) is 10.9 Å². The largest absolute Gasteiger partial charge is 0.465 e. The van der Waals surface area contributed by atoms with Crippen molar-refractivity contribution < 1.29 is 33.0 Å². The van der Waals surface area contributed by atoms with E-state index in [0.29, 0.717) is 31.3 Å². The molecule has 0 radical (unpaired) electrons. The zero-order chi connectivity index (χ0) is 27.7. The smallest absolute Gasteiger partial charge is 0.414 e. The second kappa shape index (κ2) is 10.5. The highest BCUT2D eigenvalue weighted by Gasteiger charge is 2.33. The van der Waals surface area contributed by atoms with Crippen LogP contribution in [0.4, 0.5) is 19.7 Å². The number of anilines is 1. The number of aromatic nitrogens is 2. The summed E-state index contributed by atoms with van der Waals surface area (Å²) in [6.07, 6.45) is 1.86. The Bertz CT molecular complexity index is 1170. The van der Waals surface area contributed by atoms with Crippen molar-refractivity contribution in [3.63, 3.8) is 0 Å². The number of carbonyl (C=O) groups excluding carboxylic acids is 3. The molecule has 11 heteroatoms. The van der Waals surface area contributed by atoms with Crippen LogP contribution < -0.4 is 4.90 Å². The number of hydrogen-bond acceptors (Lipinski definition) is 7. The summed E-state index contributed by atoms with van der Waals surface area (Å²) in [4.78, 5) is 41.2. The van der Waals surface area contributed by atoms with E-state index in [1.807, 2.05) is 20.8 Å². The minimum atomic E-state index is -0.855. The van der Waals surface area contributed by atoms with Crippen LogP contribution >= 0.6 is 0 Å². The summed E-state index contributed by atoms with van der Waals surface area (Å²) in [7, 11) is 2.81. The Morgan fingerprint density at radius 2 is 1.68 bits per heavy atom. The van der Waals surface area contributed by atoms with Crippen LogP contribution in [0.2, 0.25) is 0 Å². The maximum Gasteiger partial charge on any atom is 0.414 e. The number of nitrogens with zero attached hydrogens (tertiary/aromatic N) is 4. The minimum Gasteiger partial charge on any atom is -0.465 e. The number of ether oxygens (including phenoxy) is 3. The van der Waals surface area contributed by atoms with Gasteiger partial charge in [0.25, 0.3) is 0 Å². The van der Waals surface area contributed by atoms with Crippen molar-refractivity contribution in [1.29, 1.82) is 0 Å². The van der Waals surface area contributed by atoms with E-state index in [2.05, 4.69) is 5.10 Å². The predicted molar refractivity (Wildman–Crippen MR) is 136 cm³/mol. The summed E-state index contributed by atoms with van der Waals surface area (Å²) in [5, 5.41) is 4.68. The van der Waals surface area contributed by atoms with Crippen molar-refractivity contribution in [2.24, 2.45) is 13.0 Å². The first-order chi connectivity index (χ1) is 17.1. The number of likely N-dealkylation sites (tertiary alicyclic amines) is 1. The topological polar surface area (TPSA) is 103 Å². The molecule has 37 heavy (non-hydrogen) atoms.